The standard InChI is InChI=1S/C18H25N3/c1-3-15-10-9-13(2)21(15)17(12-19)16-8-4-6-14-7-5-11-20-18(14)16/h4-8,11,13,15,17H,3,9-10,12,19H2,1-2H3. The lowest BCUT2D eigenvalue weighted by Gasteiger charge is -2.36. The first kappa shape index (κ1) is 14.5. The minimum atomic E-state index is 0.269. The SMILES string of the molecule is CCC1CCC(C)N1C(CN)c1cccc2cccnc12. The molecule has 2 heterocycles. The lowest BCUT2D eigenvalue weighted by Crippen LogP contribution is -2.41. The molecule has 3 nitrogen and oxygen atoms in total. The second-order valence-electron chi connectivity index (χ2n) is 6.11. The molecule has 2 aromatic rings. The summed E-state index contributed by atoms with van der Waals surface area (Å²) in [5.41, 5.74) is 8.57. The molecule has 1 aromatic heterocycles. The summed E-state index contributed by atoms with van der Waals surface area (Å²) in [6.45, 7) is 5.26. The molecule has 1 fully saturated rings. The maximum atomic E-state index is 6.19. The van der Waals surface area contributed by atoms with Gasteiger partial charge < -0.3 is 5.73 Å². The van der Waals surface area contributed by atoms with Crippen LogP contribution in [0, 0.1) is 0 Å². The molecule has 1 aliphatic heterocycles. The highest BCUT2D eigenvalue weighted by Gasteiger charge is 2.35. The van der Waals surface area contributed by atoms with Crippen LogP contribution in [-0.2, 0) is 0 Å². The van der Waals surface area contributed by atoms with Gasteiger partial charge in [0.15, 0.2) is 0 Å². The largest absolute Gasteiger partial charge is 0.329 e. The van der Waals surface area contributed by atoms with E-state index in [1.54, 1.807) is 0 Å². The van der Waals surface area contributed by atoms with E-state index in [1.807, 2.05) is 12.3 Å². The number of aromatic nitrogens is 1. The number of nitrogens with two attached hydrogens (primary N) is 1. The van der Waals surface area contributed by atoms with Gasteiger partial charge in [0.1, 0.15) is 0 Å². The van der Waals surface area contributed by atoms with Crippen LogP contribution in [0.3, 0.4) is 0 Å². The van der Waals surface area contributed by atoms with Crippen molar-refractivity contribution in [2.75, 3.05) is 6.54 Å². The van der Waals surface area contributed by atoms with Gasteiger partial charge in [0.05, 0.1) is 5.52 Å². The van der Waals surface area contributed by atoms with Crippen molar-refractivity contribution in [2.24, 2.45) is 5.73 Å². The molecule has 1 saturated heterocycles. The third-order valence-corrected chi connectivity index (χ3v) is 4.93. The number of fused-ring (bicyclic) bond motifs is 1. The number of pyridine rings is 1. The van der Waals surface area contributed by atoms with Gasteiger partial charge >= 0.3 is 0 Å². The van der Waals surface area contributed by atoms with Gasteiger partial charge in [0.2, 0.25) is 0 Å². The summed E-state index contributed by atoms with van der Waals surface area (Å²) in [7, 11) is 0. The van der Waals surface area contributed by atoms with Crippen molar-refractivity contribution in [3.8, 4) is 0 Å². The summed E-state index contributed by atoms with van der Waals surface area (Å²) in [4.78, 5) is 7.24. The first-order valence-electron chi connectivity index (χ1n) is 8.07. The fraction of sp³-hybridized carbons (Fsp3) is 0.500. The first-order valence-corrected chi connectivity index (χ1v) is 8.07. The maximum Gasteiger partial charge on any atom is 0.0750 e. The molecular formula is C18H25N3. The lowest BCUT2D eigenvalue weighted by atomic mass is 9.99. The second kappa shape index (κ2) is 6.12. The molecule has 3 atom stereocenters. The molecule has 112 valence electrons. The monoisotopic (exact) mass is 283 g/mol. The highest BCUT2D eigenvalue weighted by Crippen LogP contribution is 2.36. The van der Waals surface area contributed by atoms with Crippen molar-refractivity contribution in [3.63, 3.8) is 0 Å². The molecule has 0 radical (unpaired) electrons. The normalized spacial score (nSPS) is 24.5. The van der Waals surface area contributed by atoms with Gasteiger partial charge in [-0.25, -0.2) is 0 Å². The molecule has 2 N–H and O–H groups in total. The van der Waals surface area contributed by atoms with Crippen LogP contribution in [0.5, 0.6) is 0 Å². The zero-order chi connectivity index (χ0) is 14.8. The summed E-state index contributed by atoms with van der Waals surface area (Å²) < 4.78 is 0. The molecule has 1 aromatic carbocycles. The fourth-order valence-corrected chi connectivity index (χ4v) is 3.87. The van der Waals surface area contributed by atoms with Crippen LogP contribution < -0.4 is 5.73 Å². The van der Waals surface area contributed by atoms with Crippen molar-refractivity contribution < 1.29 is 0 Å². The molecule has 21 heavy (non-hydrogen) atoms. The predicted molar refractivity (Wildman–Crippen MR) is 88.2 cm³/mol. The predicted octanol–water partition coefficient (Wildman–Crippen LogP) is 3.50. The van der Waals surface area contributed by atoms with Gasteiger partial charge in [-0.05, 0) is 37.8 Å². The first-order chi connectivity index (χ1) is 10.3. The van der Waals surface area contributed by atoms with Crippen LogP contribution >= 0.6 is 0 Å². The van der Waals surface area contributed by atoms with E-state index < -0.39 is 0 Å². The summed E-state index contributed by atoms with van der Waals surface area (Å²) in [5.74, 6) is 0. The Balaban J connectivity index is 2.06. The Morgan fingerprint density at radius 1 is 1.29 bits per heavy atom. The van der Waals surface area contributed by atoms with Crippen LogP contribution in [0.15, 0.2) is 36.5 Å². The molecule has 0 saturated carbocycles. The van der Waals surface area contributed by atoms with E-state index in [-0.39, 0.29) is 6.04 Å². The quantitative estimate of drug-likeness (QED) is 0.934. The number of para-hydroxylation sites is 1. The Bertz CT molecular complexity index is 605. The van der Waals surface area contributed by atoms with Gasteiger partial charge in [-0.1, -0.05) is 31.2 Å². The van der Waals surface area contributed by atoms with Crippen molar-refractivity contribution >= 4 is 10.9 Å². The third kappa shape index (κ3) is 2.56. The van der Waals surface area contributed by atoms with Gasteiger partial charge in [-0.15, -0.1) is 0 Å². The number of hydrogen-bond donors (Lipinski definition) is 1. The molecule has 0 bridgehead atoms. The molecule has 0 spiro atoms. The van der Waals surface area contributed by atoms with Gasteiger partial charge in [0.25, 0.3) is 0 Å². The number of likely N-dealkylation sites (tertiary alicyclic amines) is 1. The van der Waals surface area contributed by atoms with E-state index >= 15 is 0 Å². The molecule has 3 rings (SSSR count). The van der Waals surface area contributed by atoms with Gasteiger partial charge in [-0.3, -0.25) is 9.88 Å². The van der Waals surface area contributed by atoms with Crippen LogP contribution in [0.2, 0.25) is 0 Å². The average molecular weight is 283 g/mol. The number of rotatable bonds is 4. The van der Waals surface area contributed by atoms with E-state index in [9.17, 15) is 0 Å². The van der Waals surface area contributed by atoms with Crippen LogP contribution in [-0.4, -0.2) is 28.5 Å². The zero-order valence-corrected chi connectivity index (χ0v) is 13.0. The van der Waals surface area contributed by atoms with E-state index in [1.165, 1.54) is 30.2 Å². The molecular weight excluding hydrogens is 258 g/mol. The second-order valence-corrected chi connectivity index (χ2v) is 6.11. The Morgan fingerprint density at radius 3 is 2.86 bits per heavy atom. The van der Waals surface area contributed by atoms with E-state index in [0.29, 0.717) is 18.6 Å². The van der Waals surface area contributed by atoms with Crippen molar-refractivity contribution in [1.29, 1.82) is 0 Å². The van der Waals surface area contributed by atoms with Crippen LogP contribution in [0.4, 0.5) is 0 Å². The summed E-state index contributed by atoms with van der Waals surface area (Å²) in [6.07, 6.45) is 5.63. The Labute approximate surface area is 127 Å². The minimum Gasteiger partial charge on any atom is -0.329 e. The third-order valence-electron chi connectivity index (χ3n) is 4.93. The minimum absolute atomic E-state index is 0.269. The molecule has 0 aliphatic carbocycles. The van der Waals surface area contributed by atoms with Crippen molar-refractivity contribution in [3.05, 3.63) is 42.1 Å². The fourth-order valence-electron chi connectivity index (χ4n) is 3.87. The van der Waals surface area contributed by atoms with E-state index in [0.717, 1.165) is 5.52 Å². The summed E-state index contributed by atoms with van der Waals surface area (Å²) >= 11 is 0. The highest BCUT2D eigenvalue weighted by atomic mass is 15.2. The Morgan fingerprint density at radius 2 is 2.10 bits per heavy atom. The van der Waals surface area contributed by atoms with E-state index in [4.69, 9.17) is 5.73 Å². The molecule has 3 heteroatoms. The van der Waals surface area contributed by atoms with Crippen LogP contribution in [0.25, 0.3) is 10.9 Å². The van der Waals surface area contributed by atoms with Crippen LogP contribution in [0.1, 0.15) is 44.7 Å². The molecule has 1 aliphatic rings. The topological polar surface area (TPSA) is 42.1 Å². The summed E-state index contributed by atoms with van der Waals surface area (Å²) in [5, 5.41) is 1.20. The maximum absolute atomic E-state index is 6.19. The molecule has 0 amide bonds. The van der Waals surface area contributed by atoms with Gasteiger partial charge in [0, 0.05) is 36.3 Å². The number of nitrogens with zero attached hydrogens (tertiary/aromatic N) is 2. The number of benzene rings is 1. The average Bonchev–Trinajstić information content (AvgIpc) is 2.90. The summed E-state index contributed by atoms with van der Waals surface area (Å²) in [6, 6.07) is 12.1. The van der Waals surface area contributed by atoms with E-state index in [2.05, 4.69) is 48.0 Å². The smallest absolute Gasteiger partial charge is 0.0750 e. The zero-order valence-electron chi connectivity index (χ0n) is 13.0. The van der Waals surface area contributed by atoms with Gasteiger partial charge in [-0.2, -0.15) is 0 Å². The van der Waals surface area contributed by atoms with Crippen molar-refractivity contribution in [1.82, 2.24) is 9.88 Å². The Kier molecular flexibility index (Phi) is 4.22. The van der Waals surface area contributed by atoms with Crippen molar-refractivity contribution in [2.45, 2.75) is 51.2 Å². The molecule has 3 unspecified atom stereocenters. The lowest BCUT2D eigenvalue weighted by molar-refractivity contribution is 0.137. The number of hydrogen-bond acceptors (Lipinski definition) is 3. The Hall–Kier alpha value is -1.45. The highest BCUT2D eigenvalue weighted by molar-refractivity contribution is 5.82.